The molecule has 1 aromatic heterocycles. The summed E-state index contributed by atoms with van der Waals surface area (Å²) in [4.78, 5) is 18.7. The zero-order valence-corrected chi connectivity index (χ0v) is 15.6. The average molecular weight is 406 g/mol. The molecule has 9 heteroatoms. The van der Waals surface area contributed by atoms with Gasteiger partial charge in [0.05, 0.1) is 11.6 Å². The molecule has 0 bridgehead atoms. The zero-order chi connectivity index (χ0) is 18.2. The lowest BCUT2D eigenvalue weighted by molar-refractivity contribution is -0.137. The highest BCUT2D eigenvalue weighted by Gasteiger charge is 2.38. The first-order chi connectivity index (χ1) is 11.8. The minimum absolute atomic E-state index is 0. The summed E-state index contributed by atoms with van der Waals surface area (Å²) in [5.74, 6) is -0.261. The molecule has 1 heterocycles. The number of halogens is 4. The molecular weight excluding hydrogens is 387 g/mol. The van der Waals surface area contributed by atoms with Crippen molar-refractivity contribution >= 4 is 29.7 Å². The van der Waals surface area contributed by atoms with Crippen molar-refractivity contribution in [1.29, 1.82) is 0 Å². The molecule has 142 valence electrons. The monoisotopic (exact) mass is 405 g/mol. The van der Waals surface area contributed by atoms with Crippen molar-refractivity contribution in [2.75, 3.05) is 0 Å². The topological polar surface area (TPSA) is 59.2 Å². The maximum atomic E-state index is 13.0. The third kappa shape index (κ3) is 4.36. The molecule has 1 aromatic carbocycles. The number of benzene rings is 1. The van der Waals surface area contributed by atoms with Crippen molar-refractivity contribution in [2.24, 2.45) is 5.73 Å². The molecule has 4 nitrogen and oxygen atoms in total. The van der Waals surface area contributed by atoms with Crippen LogP contribution in [-0.2, 0) is 12.7 Å². The Morgan fingerprint density at radius 2 is 2.12 bits per heavy atom. The summed E-state index contributed by atoms with van der Waals surface area (Å²) in [6.07, 6.45) is -2.71. The van der Waals surface area contributed by atoms with Crippen molar-refractivity contribution in [3.05, 3.63) is 51.5 Å². The molecule has 1 saturated carbocycles. The van der Waals surface area contributed by atoms with Gasteiger partial charge in [-0.05, 0) is 37.5 Å². The summed E-state index contributed by atoms with van der Waals surface area (Å²) < 4.78 is 38.9. The Kier molecular flexibility index (Phi) is 6.31. The van der Waals surface area contributed by atoms with E-state index in [1.165, 1.54) is 17.4 Å². The van der Waals surface area contributed by atoms with E-state index < -0.39 is 17.8 Å². The normalized spacial score (nSPS) is 15.3. The molecule has 0 spiro atoms. The van der Waals surface area contributed by atoms with E-state index in [0.29, 0.717) is 16.3 Å². The molecule has 1 unspecified atom stereocenters. The second-order valence-corrected chi connectivity index (χ2v) is 7.02. The number of amides is 1. The Morgan fingerprint density at radius 3 is 2.65 bits per heavy atom. The first-order valence-electron chi connectivity index (χ1n) is 7.95. The summed E-state index contributed by atoms with van der Waals surface area (Å²) in [6.45, 7) is 2.01. The Labute approximate surface area is 159 Å². The number of hydrogen-bond acceptors (Lipinski definition) is 4. The molecule has 1 atom stereocenters. The lowest BCUT2D eigenvalue weighted by Gasteiger charge is -2.29. The lowest BCUT2D eigenvalue weighted by Crippen LogP contribution is -2.36. The van der Waals surface area contributed by atoms with Crippen LogP contribution in [0.15, 0.2) is 29.6 Å². The lowest BCUT2D eigenvalue weighted by atomic mass is 10.0. The molecule has 1 fully saturated rings. The summed E-state index contributed by atoms with van der Waals surface area (Å²) >= 11 is 1.31. The second-order valence-electron chi connectivity index (χ2n) is 6.07. The van der Waals surface area contributed by atoms with Crippen molar-refractivity contribution in [2.45, 2.75) is 44.6 Å². The van der Waals surface area contributed by atoms with Gasteiger partial charge in [-0.15, -0.1) is 23.7 Å². The Balaban J connectivity index is 0.00000243. The van der Waals surface area contributed by atoms with Gasteiger partial charge >= 0.3 is 6.18 Å². The van der Waals surface area contributed by atoms with Gasteiger partial charge in [-0.1, -0.05) is 12.1 Å². The molecule has 0 aliphatic heterocycles. The fourth-order valence-electron chi connectivity index (χ4n) is 2.78. The standard InChI is InChI=1S/C17H18F3N3OS.ClH/c1-10(11-3-2-4-12(7-11)17(18,19)20)23(13-5-6-13)16(24)14-9-25-15(8-21)22-14;/h2-4,7,9-10,13H,5-6,8,21H2,1H3;1H. The first kappa shape index (κ1) is 20.7. The molecule has 0 saturated heterocycles. The van der Waals surface area contributed by atoms with Crippen LogP contribution in [0.1, 0.15) is 52.4 Å². The molecule has 2 N–H and O–H groups in total. The zero-order valence-electron chi connectivity index (χ0n) is 14.0. The number of carbonyl (C=O) groups excluding carboxylic acids is 1. The van der Waals surface area contributed by atoms with Crippen LogP contribution in [0.4, 0.5) is 13.2 Å². The third-order valence-electron chi connectivity index (χ3n) is 4.23. The number of carbonyl (C=O) groups is 1. The van der Waals surface area contributed by atoms with E-state index in [-0.39, 0.29) is 30.9 Å². The van der Waals surface area contributed by atoms with E-state index in [9.17, 15) is 18.0 Å². The van der Waals surface area contributed by atoms with Crippen LogP contribution >= 0.6 is 23.7 Å². The molecule has 1 aliphatic carbocycles. The molecule has 2 aromatic rings. The molecule has 0 radical (unpaired) electrons. The number of thiazole rings is 1. The van der Waals surface area contributed by atoms with Gasteiger partial charge in [-0.25, -0.2) is 4.98 Å². The first-order valence-corrected chi connectivity index (χ1v) is 8.83. The minimum atomic E-state index is -4.41. The third-order valence-corrected chi connectivity index (χ3v) is 5.11. The van der Waals surface area contributed by atoms with Gasteiger partial charge in [-0.3, -0.25) is 4.79 Å². The number of rotatable bonds is 5. The number of alkyl halides is 3. The van der Waals surface area contributed by atoms with Gasteiger partial charge in [0.2, 0.25) is 0 Å². The van der Waals surface area contributed by atoms with Gasteiger partial charge in [0.15, 0.2) is 0 Å². The highest BCUT2D eigenvalue weighted by molar-refractivity contribution is 7.09. The van der Waals surface area contributed by atoms with Gasteiger partial charge in [-0.2, -0.15) is 13.2 Å². The van der Waals surface area contributed by atoms with Crippen LogP contribution in [0.25, 0.3) is 0 Å². The average Bonchev–Trinajstić information content (AvgIpc) is 3.29. The van der Waals surface area contributed by atoms with Crippen LogP contribution in [-0.4, -0.2) is 21.8 Å². The molecule has 1 amide bonds. The van der Waals surface area contributed by atoms with Crippen LogP contribution in [0.3, 0.4) is 0 Å². The number of nitrogens with zero attached hydrogens (tertiary/aromatic N) is 2. The van der Waals surface area contributed by atoms with Gasteiger partial charge in [0.1, 0.15) is 10.7 Å². The number of hydrogen-bond donors (Lipinski definition) is 1. The predicted molar refractivity (Wildman–Crippen MR) is 96.3 cm³/mol. The van der Waals surface area contributed by atoms with Crippen molar-refractivity contribution < 1.29 is 18.0 Å². The maximum Gasteiger partial charge on any atom is 0.416 e. The highest BCUT2D eigenvalue weighted by atomic mass is 35.5. The fraction of sp³-hybridized carbons (Fsp3) is 0.412. The van der Waals surface area contributed by atoms with Crippen LogP contribution < -0.4 is 5.73 Å². The van der Waals surface area contributed by atoms with Crippen LogP contribution in [0, 0.1) is 0 Å². The largest absolute Gasteiger partial charge is 0.416 e. The SMILES string of the molecule is CC(c1cccc(C(F)(F)F)c1)N(C(=O)c1csc(CN)n1)C1CC1.Cl. The maximum absolute atomic E-state index is 13.0. The van der Waals surface area contributed by atoms with Crippen molar-refractivity contribution in [3.8, 4) is 0 Å². The Morgan fingerprint density at radius 1 is 1.42 bits per heavy atom. The van der Waals surface area contributed by atoms with E-state index in [1.807, 2.05) is 0 Å². The second kappa shape index (κ2) is 7.94. The Hall–Kier alpha value is -1.64. The summed E-state index contributed by atoms with van der Waals surface area (Å²) in [7, 11) is 0. The van der Waals surface area contributed by atoms with Gasteiger partial charge < -0.3 is 10.6 Å². The van der Waals surface area contributed by atoms with Crippen LogP contribution in [0.2, 0.25) is 0 Å². The summed E-state index contributed by atoms with van der Waals surface area (Å²) in [5.41, 5.74) is 5.59. The van der Waals surface area contributed by atoms with E-state index in [4.69, 9.17) is 5.73 Å². The number of nitrogens with two attached hydrogens (primary N) is 1. The van der Waals surface area contributed by atoms with Gasteiger partial charge in [0, 0.05) is 18.0 Å². The molecular formula is C17H19ClF3N3OS. The van der Waals surface area contributed by atoms with Crippen molar-refractivity contribution in [3.63, 3.8) is 0 Å². The summed E-state index contributed by atoms with van der Waals surface area (Å²) in [5, 5.41) is 2.31. The van der Waals surface area contributed by atoms with E-state index in [2.05, 4.69) is 4.98 Å². The van der Waals surface area contributed by atoms with Crippen LogP contribution in [0.5, 0.6) is 0 Å². The predicted octanol–water partition coefficient (Wildman–Crippen LogP) is 4.41. The minimum Gasteiger partial charge on any atom is -0.328 e. The van der Waals surface area contributed by atoms with E-state index in [0.717, 1.165) is 25.0 Å². The van der Waals surface area contributed by atoms with Crippen molar-refractivity contribution in [1.82, 2.24) is 9.88 Å². The summed E-state index contributed by atoms with van der Waals surface area (Å²) in [6, 6.07) is 4.71. The molecule has 3 rings (SSSR count). The number of aromatic nitrogens is 1. The Bertz CT molecular complexity index is 777. The molecule has 1 aliphatic rings. The fourth-order valence-corrected chi connectivity index (χ4v) is 3.43. The quantitative estimate of drug-likeness (QED) is 0.801. The van der Waals surface area contributed by atoms with E-state index >= 15 is 0 Å². The van der Waals surface area contributed by atoms with E-state index in [1.54, 1.807) is 23.3 Å². The highest BCUT2D eigenvalue weighted by Crippen LogP contribution is 2.37. The molecule has 26 heavy (non-hydrogen) atoms. The van der Waals surface area contributed by atoms with Gasteiger partial charge in [0.25, 0.3) is 5.91 Å². The smallest absolute Gasteiger partial charge is 0.328 e.